The van der Waals surface area contributed by atoms with Crippen LogP contribution in [0.2, 0.25) is 0 Å². The first-order valence-electron chi connectivity index (χ1n) is 13.6. The maximum absolute atomic E-state index is 11.0. The molecule has 0 atom stereocenters. The van der Waals surface area contributed by atoms with Gasteiger partial charge in [0.25, 0.3) is 0 Å². The monoisotopic (exact) mass is 521 g/mol. The molecule has 2 aliphatic rings. The lowest BCUT2D eigenvalue weighted by atomic mass is 9.82. The number of phenolic OH excluding ortho intramolecular Hbond substituents is 1. The number of benzene rings is 1. The van der Waals surface area contributed by atoms with Crippen molar-refractivity contribution in [3.05, 3.63) is 29.8 Å². The first-order chi connectivity index (χ1) is 18.1. The van der Waals surface area contributed by atoms with E-state index < -0.39 is 5.97 Å². The van der Waals surface area contributed by atoms with Crippen molar-refractivity contribution in [3.8, 4) is 17.0 Å². The maximum Gasteiger partial charge on any atom is 0.317 e. The molecule has 10 heteroatoms. The molecule has 3 aromatic rings. The largest absolute Gasteiger partial charge is 0.508 e. The predicted octanol–water partition coefficient (Wildman–Crippen LogP) is 3.51. The van der Waals surface area contributed by atoms with Gasteiger partial charge in [-0.05, 0) is 79.9 Å². The van der Waals surface area contributed by atoms with E-state index >= 15 is 0 Å². The van der Waals surface area contributed by atoms with E-state index in [0.717, 1.165) is 80.7 Å². The Bertz CT molecular complexity index is 1300. The number of rotatable bonds is 6. The summed E-state index contributed by atoms with van der Waals surface area (Å²) in [5.41, 5.74) is 10.3. The van der Waals surface area contributed by atoms with Crippen molar-refractivity contribution in [2.45, 2.75) is 57.9 Å². The number of likely N-dealkylation sites (tertiary alicyclic amines) is 2. The van der Waals surface area contributed by atoms with Crippen LogP contribution in [-0.2, 0) is 10.2 Å². The summed E-state index contributed by atoms with van der Waals surface area (Å²) in [5.74, 6) is 0.516. The zero-order valence-corrected chi connectivity index (χ0v) is 22.6. The average Bonchev–Trinajstić information content (AvgIpc) is 3.20. The van der Waals surface area contributed by atoms with Crippen molar-refractivity contribution < 1.29 is 15.0 Å². The third-order valence-electron chi connectivity index (χ3n) is 8.05. The fourth-order valence-corrected chi connectivity index (χ4v) is 5.97. The first-order valence-corrected chi connectivity index (χ1v) is 13.6. The predicted molar refractivity (Wildman–Crippen MR) is 147 cm³/mol. The van der Waals surface area contributed by atoms with Crippen LogP contribution in [0.15, 0.2) is 24.3 Å². The number of piperidine rings is 2. The molecule has 0 saturated carbocycles. The second-order valence-corrected chi connectivity index (χ2v) is 11.9. The number of fused-ring (bicyclic) bond motifs is 1. The Kier molecular flexibility index (Phi) is 7.28. The zero-order chi connectivity index (χ0) is 27.0. The number of aliphatic carboxylic acids is 1. The fourth-order valence-electron chi connectivity index (χ4n) is 5.97. The molecule has 2 saturated heterocycles. The lowest BCUT2D eigenvalue weighted by Crippen LogP contribution is -2.43. The van der Waals surface area contributed by atoms with Crippen LogP contribution in [-0.4, -0.2) is 85.2 Å². The molecule has 1 aromatic carbocycles. The van der Waals surface area contributed by atoms with Crippen molar-refractivity contribution in [2.75, 3.05) is 45.0 Å². The number of carboxylic acid groups (broad SMARTS) is 1. The molecular formula is C28H39N7O3. The minimum atomic E-state index is -0.742. The van der Waals surface area contributed by atoms with Gasteiger partial charge < -0.3 is 20.8 Å². The van der Waals surface area contributed by atoms with Crippen LogP contribution in [0.1, 0.15) is 58.1 Å². The smallest absolute Gasteiger partial charge is 0.317 e. The van der Waals surface area contributed by atoms with Crippen LogP contribution in [0.5, 0.6) is 5.75 Å². The maximum atomic E-state index is 11.0. The first kappa shape index (κ1) is 26.4. The molecule has 38 heavy (non-hydrogen) atoms. The van der Waals surface area contributed by atoms with Crippen molar-refractivity contribution in [2.24, 2.45) is 5.92 Å². The lowest BCUT2D eigenvalue weighted by molar-refractivity contribution is -0.138. The van der Waals surface area contributed by atoms with Gasteiger partial charge in [-0.25, -0.2) is 0 Å². The number of aromatic hydroxyl groups is 1. The van der Waals surface area contributed by atoms with Crippen LogP contribution >= 0.6 is 0 Å². The molecular weight excluding hydrogens is 482 g/mol. The van der Waals surface area contributed by atoms with E-state index in [1.807, 2.05) is 21.7 Å². The minimum Gasteiger partial charge on any atom is -0.508 e. The summed E-state index contributed by atoms with van der Waals surface area (Å²) in [6.45, 7) is 11.3. The van der Waals surface area contributed by atoms with Crippen LogP contribution in [0.25, 0.3) is 22.3 Å². The summed E-state index contributed by atoms with van der Waals surface area (Å²) in [4.78, 5) is 15.6. The molecule has 0 aliphatic carbocycles. The van der Waals surface area contributed by atoms with Crippen molar-refractivity contribution in [1.82, 2.24) is 29.8 Å². The van der Waals surface area contributed by atoms with E-state index in [1.165, 1.54) is 0 Å². The molecule has 0 unspecified atom stereocenters. The summed E-state index contributed by atoms with van der Waals surface area (Å²) in [6, 6.07) is 7.67. The van der Waals surface area contributed by atoms with Crippen molar-refractivity contribution >= 4 is 22.8 Å². The van der Waals surface area contributed by atoms with Gasteiger partial charge >= 0.3 is 5.97 Å². The van der Waals surface area contributed by atoms with E-state index in [9.17, 15) is 9.90 Å². The topological polar surface area (TPSA) is 134 Å². The Morgan fingerprint density at radius 1 is 1.03 bits per heavy atom. The quantitative estimate of drug-likeness (QED) is 0.445. The van der Waals surface area contributed by atoms with Crippen LogP contribution in [0.4, 0.5) is 5.82 Å². The van der Waals surface area contributed by atoms with Gasteiger partial charge in [0.1, 0.15) is 5.75 Å². The van der Waals surface area contributed by atoms with E-state index in [2.05, 4.69) is 41.0 Å². The van der Waals surface area contributed by atoms with Gasteiger partial charge in [0.05, 0.1) is 23.8 Å². The number of anilines is 1. The zero-order valence-electron chi connectivity index (χ0n) is 22.6. The Balaban J connectivity index is 1.29. The highest BCUT2D eigenvalue weighted by Crippen LogP contribution is 2.36. The van der Waals surface area contributed by atoms with Gasteiger partial charge in [-0.2, -0.15) is 5.10 Å². The Hall–Kier alpha value is -3.24. The Labute approximate surface area is 223 Å². The number of hydrogen-bond acceptors (Lipinski definition) is 8. The summed E-state index contributed by atoms with van der Waals surface area (Å²) >= 11 is 0. The molecule has 10 nitrogen and oxygen atoms in total. The molecule has 0 bridgehead atoms. The third kappa shape index (κ3) is 5.61. The second kappa shape index (κ2) is 10.5. The van der Waals surface area contributed by atoms with E-state index in [0.29, 0.717) is 17.3 Å². The lowest BCUT2D eigenvalue weighted by Gasteiger charge is -2.37. The highest BCUT2D eigenvalue weighted by molar-refractivity contribution is 5.87. The summed E-state index contributed by atoms with van der Waals surface area (Å²) in [6.07, 6.45) is 4.09. The van der Waals surface area contributed by atoms with Gasteiger partial charge in [-0.3, -0.25) is 14.4 Å². The van der Waals surface area contributed by atoms with Gasteiger partial charge in [-0.1, -0.05) is 20.8 Å². The fraction of sp³-hybridized carbons (Fsp3) is 0.571. The Morgan fingerprint density at radius 3 is 2.37 bits per heavy atom. The van der Waals surface area contributed by atoms with Crippen LogP contribution < -0.4 is 5.73 Å². The molecule has 204 valence electrons. The van der Waals surface area contributed by atoms with E-state index in [1.54, 1.807) is 12.1 Å². The molecule has 0 spiro atoms. The van der Waals surface area contributed by atoms with Crippen LogP contribution in [0, 0.1) is 5.92 Å². The van der Waals surface area contributed by atoms with Gasteiger partial charge in [0.2, 0.25) is 0 Å². The van der Waals surface area contributed by atoms with Crippen molar-refractivity contribution in [3.63, 3.8) is 0 Å². The molecule has 2 aromatic heterocycles. The number of hydrogen-bond donors (Lipinski definition) is 3. The highest BCUT2D eigenvalue weighted by atomic mass is 16.4. The molecule has 4 heterocycles. The van der Waals surface area contributed by atoms with E-state index in [4.69, 9.17) is 10.8 Å². The third-order valence-corrected chi connectivity index (χ3v) is 8.05. The number of carboxylic acids is 1. The number of nitrogens with zero attached hydrogens (tertiary/aromatic N) is 6. The highest BCUT2D eigenvalue weighted by Gasteiger charge is 2.28. The summed E-state index contributed by atoms with van der Waals surface area (Å²) < 4.78 is 2.04. The number of aromatic nitrogens is 4. The number of nitrogen functional groups attached to an aromatic ring is 1. The minimum absolute atomic E-state index is 0.148. The van der Waals surface area contributed by atoms with Crippen LogP contribution in [0.3, 0.4) is 0 Å². The standard InChI is InChI=1S/C28H39N7O3/c1-28(2,3)22-14-20(36)4-5-21(22)23-15-24-26(31-30-23)27(29)32-35(24)19-8-12-33(13-9-19)16-18-6-10-34(11-7-18)17-25(37)38/h4-5,14-15,18-19,36H,6-13,16-17H2,1-3H3,(H2,29,32)(H,37,38). The number of carbonyl (C=O) groups is 1. The molecule has 4 N–H and O–H groups in total. The SMILES string of the molecule is CC(C)(C)c1cc(O)ccc1-c1cc2c(nn1)c(N)nn2C1CCN(CC2CCN(CC(=O)O)CC2)CC1. The summed E-state index contributed by atoms with van der Waals surface area (Å²) in [7, 11) is 0. The Morgan fingerprint density at radius 2 is 1.71 bits per heavy atom. The number of nitrogens with two attached hydrogens (primary N) is 1. The molecule has 0 radical (unpaired) electrons. The molecule has 2 fully saturated rings. The van der Waals surface area contributed by atoms with Gasteiger partial charge in [0.15, 0.2) is 11.3 Å². The van der Waals surface area contributed by atoms with Crippen molar-refractivity contribution in [1.29, 1.82) is 0 Å². The number of phenols is 1. The normalized spacial score (nSPS) is 18.8. The average molecular weight is 522 g/mol. The molecule has 0 amide bonds. The molecule has 5 rings (SSSR count). The molecule has 2 aliphatic heterocycles. The summed E-state index contributed by atoms with van der Waals surface area (Å²) in [5, 5.41) is 32.8. The van der Waals surface area contributed by atoms with Gasteiger partial charge in [-0.15, -0.1) is 10.2 Å². The van der Waals surface area contributed by atoms with E-state index in [-0.39, 0.29) is 23.8 Å². The second-order valence-electron chi connectivity index (χ2n) is 11.9. The van der Waals surface area contributed by atoms with Gasteiger partial charge in [0, 0.05) is 25.2 Å².